The predicted octanol–water partition coefficient (Wildman–Crippen LogP) is 2.83. The lowest BCUT2D eigenvalue weighted by Gasteiger charge is -2.26. The Kier molecular flexibility index (Phi) is 6.72. The fourth-order valence-electron chi connectivity index (χ4n) is 2.40. The van der Waals surface area contributed by atoms with Crippen molar-refractivity contribution < 1.29 is 9.18 Å². The Morgan fingerprint density at radius 2 is 2.00 bits per heavy atom. The third-order valence-electron chi connectivity index (χ3n) is 3.54. The maximum atomic E-state index is 13.6. The van der Waals surface area contributed by atoms with Crippen LogP contribution in [-0.4, -0.2) is 18.0 Å². The van der Waals surface area contributed by atoms with E-state index in [2.05, 4.69) is 5.32 Å². The Balaban J connectivity index is 0.00000200. The van der Waals surface area contributed by atoms with Gasteiger partial charge in [-0.1, -0.05) is 17.7 Å². The van der Waals surface area contributed by atoms with Crippen LogP contribution < -0.4 is 11.1 Å². The molecule has 0 atom stereocenters. The first-order valence-electron chi connectivity index (χ1n) is 6.54. The molecular weight excluding hydrogens is 302 g/mol. The fourth-order valence-corrected chi connectivity index (χ4v) is 2.63. The summed E-state index contributed by atoms with van der Waals surface area (Å²) in [4.78, 5) is 11.9. The first-order valence-corrected chi connectivity index (χ1v) is 6.92. The van der Waals surface area contributed by atoms with Crippen LogP contribution >= 0.6 is 24.0 Å². The maximum Gasteiger partial charge on any atom is 0.224 e. The van der Waals surface area contributed by atoms with E-state index >= 15 is 0 Å². The summed E-state index contributed by atoms with van der Waals surface area (Å²) in [6, 6.07) is 4.83. The van der Waals surface area contributed by atoms with Crippen molar-refractivity contribution in [1.29, 1.82) is 0 Å². The maximum absolute atomic E-state index is 13.6. The van der Waals surface area contributed by atoms with Gasteiger partial charge in [-0.25, -0.2) is 4.39 Å². The average Bonchev–Trinajstić information content (AvgIpc) is 2.37. The summed E-state index contributed by atoms with van der Waals surface area (Å²) in [6.45, 7) is 0. The normalized spacial score (nSPS) is 21.9. The van der Waals surface area contributed by atoms with Gasteiger partial charge in [0, 0.05) is 22.7 Å². The van der Waals surface area contributed by atoms with Gasteiger partial charge in [-0.05, 0) is 37.8 Å². The molecule has 0 heterocycles. The summed E-state index contributed by atoms with van der Waals surface area (Å²) in [5, 5.41) is 3.21. The number of nitrogens with one attached hydrogen (secondary N) is 1. The number of carbonyl (C=O) groups excluding carboxylic acids is 1. The lowest BCUT2D eigenvalue weighted by atomic mass is 9.91. The Bertz CT molecular complexity index is 442. The van der Waals surface area contributed by atoms with Crippen molar-refractivity contribution in [3.05, 3.63) is 34.6 Å². The zero-order valence-corrected chi connectivity index (χ0v) is 12.6. The van der Waals surface area contributed by atoms with Crippen LogP contribution in [0.5, 0.6) is 0 Å². The van der Waals surface area contributed by atoms with Crippen LogP contribution in [0.1, 0.15) is 31.2 Å². The molecule has 2 rings (SSSR count). The fraction of sp³-hybridized carbons (Fsp3) is 0.500. The lowest BCUT2D eigenvalue weighted by molar-refractivity contribution is -0.121. The summed E-state index contributed by atoms with van der Waals surface area (Å²) < 4.78 is 13.6. The highest BCUT2D eigenvalue weighted by atomic mass is 35.5. The van der Waals surface area contributed by atoms with Crippen molar-refractivity contribution in [3.8, 4) is 0 Å². The monoisotopic (exact) mass is 320 g/mol. The van der Waals surface area contributed by atoms with Crippen molar-refractivity contribution in [3.63, 3.8) is 0 Å². The molecule has 1 aromatic carbocycles. The molecule has 1 aliphatic carbocycles. The lowest BCUT2D eigenvalue weighted by Crippen LogP contribution is -2.41. The van der Waals surface area contributed by atoms with E-state index < -0.39 is 5.82 Å². The minimum absolute atomic E-state index is 0. The molecule has 1 fully saturated rings. The third kappa shape index (κ3) is 4.62. The average molecular weight is 321 g/mol. The highest BCUT2D eigenvalue weighted by Crippen LogP contribution is 2.20. The van der Waals surface area contributed by atoms with Crippen molar-refractivity contribution >= 4 is 29.9 Å². The quantitative estimate of drug-likeness (QED) is 0.899. The number of halogens is 3. The molecule has 0 aromatic heterocycles. The molecule has 1 saturated carbocycles. The largest absolute Gasteiger partial charge is 0.353 e. The van der Waals surface area contributed by atoms with Crippen LogP contribution in [0.25, 0.3) is 0 Å². The minimum atomic E-state index is -0.437. The molecule has 1 amide bonds. The van der Waals surface area contributed by atoms with Gasteiger partial charge < -0.3 is 11.1 Å². The molecule has 1 aromatic rings. The number of hydrogen-bond donors (Lipinski definition) is 2. The van der Waals surface area contributed by atoms with Crippen molar-refractivity contribution in [1.82, 2.24) is 5.32 Å². The SMILES string of the molecule is Cl.NC1CCC(NC(=O)Cc2c(F)cccc2Cl)CC1. The van der Waals surface area contributed by atoms with E-state index in [0.717, 1.165) is 25.7 Å². The molecule has 1 aliphatic rings. The molecule has 3 nitrogen and oxygen atoms in total. The molecule has 0 radical (unpaired) electrons. The number of nitrogens with two attached hydrogens (primary N) is 1. The summed E-state index contributed by atoms with van der Waals surface area (Å²) in [7, 11) is 0. The Morgan fingerprint density at radius 1 is 1.35 bits per heavy atom. The molecule has 3 N–H and O–H groups in total. The number of rotatable bonds is 3. The number of amides is 1. The molecule has 0 unspecified atom stereocenters. The molecule has 0 saturated heterocycles. The number of carbonyl (C=O) groups is 1. The zero-order valence-electron chi connectivity index (χ0n) is 11.1. The predicted molar refractivity (Wildman–Crippen MR) is 80.7 cm³/mol. The van der Waals surface area contributed by atoms with E-state index in [1.807, 2.05) is 0 Å². The first kappa shape index (κ1) is 17.2. The van der Waals surface area contributed by atoms with Gasteiger partial charge in [0.05, 0.1) is 6.42 Å². The summed E-state index contributed by atoms with van der Waals surface area (Å²) in [5.74, 6) is -0.624. The van der Waals surface area contributed by atoms with Crippen LogP contribution in [0, 0.1) is 5.82 Å². The summed E-state index contributed by atoms with van der Waals surface area (Å²) in [6.07, 6.45) is 3.60. The zero-order chi connectivity index (χ0) is 13.8. The topological polar surface area (TPSA) is 55.1 Å². The molecule has 6 heteroatoms. The molecule has 20 heavy (non-hydrogen) atoms. The minimum Gasteiger partial charge on any atom is -0.353 e. The molecule has 112 valence electrons. The highest BCUT2D eigenvalue weighted by Gasteiger charge is 2.21. The Hall–Kier alpha value is -0.840. The van der Waals surface area contributed by atoms with Crippen molar-refractivity contribution in [2.45, 2.75) is 44.2 Å². The van der Waals surface area contributed by atoms with Gasteiger partial charge in [0.1, 0.15) is 5.82 Å². The third-order valence-corrected chi connectivity index (χ3v) is 3.89. The number of benzene rings is 1. The van der Waals surface area contributed by atoms with Crippen LogP contribution in [0.4, 0.5) is 4.39 Å². The van der Waals surface area contributed by atoms with Gasteiger partial charge >= 0.3 is 0 Å². The molecular formula is C14H19Cl2FN2O. The van der Waals surface area contributed by atoms with Gasteiger partial charge in [0.15, 0.2) is 0 Å². The second kappa shape index (κ2) is 7.81. The van der Waals surface area contributed by atoms with E-state index in [1.165, 1.54) is 12.1 Å². The van der Waals surface area contributed by atoms with E-state index in [0.29, 0.717) is 5.02 Å². The number of hydrogen-bond acceptors (Lipinski definition) is 2. The van der Waals surface area contributed by atoms with E-state index in [9.17, 15) is 9.18 Å². The van der Waals surface area contributed by atoms with Gasteiger partial charge in [-0.3, -0.25) is 4.79 Å². The van der Waals surface area contributed by atoms with Crippen molar-refractivity contribution in [2.24, 2.45) is 5.73 Å². The molecule has 0 spiro atoms. The Morgan fingerprint density at radius 3 is 2.60 bits per heavy atom. The molecule has 0 bridgehead atoms. The van der Waals surface area contributed by atoms with Crippen LogP contribution in [0.2, 0.25) is 5.02 Å². The second-order valence-electron chi connectivity index (χ2n) is 5.06. The van der Waals surface area contributed by atoms with Gasteiger partial charge in [-0.2, -0.15) is 0 Å². The van der Waals surface area contributed by atoms with E-state index in [-0.39, 0.29) is 42.4 Å². The second-order valence-corrected chi connectivity index (χ2v) is 5.46. The smallest absolute Gasteiger partial charge is 0.224 e. The first-order chi connectivity index (χ1) is 9.06. The van der Waals surface area contributed by atoms with Gasteiger partial charge in [-0.15, -0.1) is 12.4 Å². The highest BCUT2D eigenvalue weighted by molar-refractivity contribution is 6.31. The Labute approximate surface area is 129 Å². The van der Waals surface area contributed by atoms with Gasteiger partial charge in [0.25, 0.3) is 0 Å². The molecule has 0 aliphatic heterocycles. The summed E-state index contributed by atoms with van der Waals surface area (Å²) >= 11 is 5.90. The van der Waals surface area contributed by atoms with Crippen molar-refractivity contribution in [2.75, 3.05) is 0 Å². The summed E-state index contributed by atoms with van der Waals surface area (Å²) in [5.41, 5.74) is 6.07. The standard InChI is InChI=1S/C14H18ClFN2O.ClH/c15-12-2-1-3-13(16)11(12)8-14(19)18-10-6-4-9(17)5-7-10;/h1-3,9-10H,4-8,17H2,(H,18,19);1H. The van der Waals surface area contributed by atoms with E-state index in [1.54, 1.807) is 6.07 Å². The van der Waals surface area contributed by atoms with E-state index in [4.69, 9.17) is 17.3 Å². The van der Waals surface area contributed by atoms with Crippen LogP contribution in [0.3, 0.4) is 0 Å². The van der Waals surface area contributed by atoms with Gasteiger partial charge in [0.2, 0.25) is 5.91 Å². The van der Waals surface area contributed by atoms with Crippen LogP contribution in [-0.2, 0) is 11.2 Å². The van der Waals surface area contributed by atoms with Crippen LogP contribution in [0.15, 0.2) is 18.2 Å².